The van der Waals surface area contributed by atoms with Crippen LogP contribution in [-0.2, 0) is 0 Å². The number of aromatic amines is 1. The lowest BCUT2D eigenvalue weighted by molar-refractivity contribution is 0.408. The molecule has 0 fully saturated rings. The fourth-order valence-electron chi connectivity index (χ4n) is 4.18. The van der Waals surface area contributed by atoms with E-state index in [9.17, 15) is 0 Å². The first-order chi connectivity index (χ1) is 15.8. The van der Waals surface area contributed by atoms with E-state index in [0.717, 1.165) is 62.2 Å². The second-order valence-electron chi connectivity index (χ2n) is 8.83. The molecule has 0 radical (unpaired) electrons. The van der Waals surface area contributed by atoms with Crippen molar-refractivity contribution in [2.75, 3.05) is 45.1 Å². The quantitative estimate of drug-likeness (QED) is 0.389. The maximum absolute atomic E-state index is 5.56. The molecule has 0 aliphatic rings. The Bertz CT molecular complexity index is 1160. The normalized spacial score (nSPS) is 10.9. The highest BCUT2D eigenvalue weighted by Crippen LogP contribution is 2.36. The van der Waals surface area contributed by atoms with Crippen LogP contribution < -0.4 is 14.5 Å². The summed E-state index contributed by atoms with van der Waals surface area (Å²) < 4.78 is 5.56. The number of H-pyrrole nitrogens is 1. The molecule has 1 aromatic heterocycles. The minimum Gasteiger partial charge on any atom is -0.496 e. The number of anilines is 2. The molecular weight excluding hydrogens is 408 g/mol. The van der Waals surface area contributed by atoms with E-state index in [4.69, 9.17) is 9.72 Å². The lowest BCUT2D eigenvalue weighted by atomic mass is 10.0. The molecule has 0 amide bonds. The van der Waals surface area contributed by atoms with Gasteiger partial charge in [0.05, 0.1) is 18.5 Å². The minimum atomic E-state index is 0.849. The third-order valence-electron chi connectivity index (χ3n) is 5.97. The van der Waals surface area contributed by atoms with Gasteiger partial charge >= 0.3 is 0 Å². The van der Waals surface area contributed by atoms with E-state index in [2.05, 4.69) is 103 Å². The van der Waals surface area contributed by atoms with Crippen molar-refractivity contribution in [1.82, 2.24) is 9.97 Å². The van der Waals surface area contributed by atoms with Gasteiger partial charge in [-0.15, -0.1) is 0 Å². The third kappa shape index (κ3) is 4.44. The van der Waals surface area contributed by atoms with E-state index < -0.39 is 0 Å². The molecule has 0 saturated carbocycles. The first kappa shape index (κ1) is 22.5. The molecule has 5 nitrogen and oxygen atoms in total. The molecule has 1 N–H and O–H groups in total. The van der Waals surface area contributed by atoms with Gasteiger partial charge in [0.25, 0.3) is 0 Å². The number of nitrogens with zero attached hydrogens (tertiary/aromatic N) is 3. The second kappa shape index (κ2) is 9.02. The van der Waals surface area contributed by atoms with Gasteiger partial charge in [-0.1, -0.05) is 24.3 Å². The molecule has 0 saturated heterocycles. The van der Waals surface area contributed by atoms with Gasteiger partial charge in [-0.2, -0.15) is 0 Å². The van der Waals surface area contributed by atoms with Crippen molar-refractivity contribution < 1.29 is 4.74 Å². The molecule has 0 unspecified atom stereocenters. The number of rotatable bonds is 6. The van der Waals surface area contributed by atoms with Crippen molar-refractivity contribution in [1.29, 1.82) is 0 Å². The predicted octanol–water partition coefficient (Wildman–Crippen LogP) is 6.17. The number of benzene rings is 3. The number of nitrogens with one attached hydrogen (secondary N) is 1. The van der Waals surface area contributed by atoms with Crippen LogP contribution in [0.1, 0.15) is 11.1 Å². The molecule has 0 atom stereocenters. The first-order valence-corrected chi connectivity index (χ1v) is 11.1. The fourth-order valence-corrected chi connectivity index (χ4v) is 4.18. The predicted molar refractivity (Wildman–Crippen MR) is 140 cm³/mol. The zero-order valence-corrected chi connectivity index (χ0v) is 20.5. The van der Waals surface area contributed by atoms with Crippen LogP contribution in [0, 0.1) is 13.8 Å². The summed E-state index contributed by atoms with van der Waals surface area (Å²) in [4.78, 5) is 12.9. The zero-order chi connectivity index (χ0) is 23.7. The number of hydrogen-bond acceptors (Lipinski definition) is 4. The lowest BCUT2D eigenvalue weighted by Crippen LogP contribution is -2.08. The summed E-state index contributed by atoms with van der Waals surface area (Å²) in [5.74, 6) is 1.77. The highest BCUT2D eigenvalue weighted by Gasteiger charge is 2.17. The van der Waals surface area contributed by atoms with Gasteiger partial charge in [0.15, 0.2) is 0 Å². The third-order valence-corrected chi connectivity index (χ3v) is 5.97. The molecule has 4 aromatic rings. The second-order valence-corrected chi connectivity index (χ2v) is 8.83. The van der Waals surface area contributed by atoms with Crippen LogP contribution in [0.4, 0.5) is 11.4 Å². The van der Waals surface area contributed by atoms with Crippen LogP contribution in [0.25, 0.3) is 33.9 Å². The Morgan fingerprint density at radius 3 is 1.64 bits per heavy atom. The maximum Gasteiger partial charge on any atom is 0.138 e. The molecule has 4 rings (SSSR count). The molecule has 170 valence electrons. The number of aromatic nitrogens is 2. The molecule has 5 heteroatoms. The van der Waals surface area contributed by atoms with E-state index >= 15 is 0 Å². The summed E-state index contributed by atoms with van der Waals surface area (Å²) >= 11 is 0. The van der Waals surface area contributed by atoms with Gasteiger partial charge in [0.1, 0.15) is 11.6 Å². The van der Waals surface area contributed by atoms with Crippen LogP contribution in [0.3, 0.4) is 0 Å². The summed E-state index contributed by atoms with van der Waals surface area (Å²) in [6.07, 6.45) is 0. The Hall–Kier alpha value is -3.73. The van der Waals surface area contributed by atoms with Crippen molar-refractivity contribution in [3.05, 3.63) is 71.8 Å². The van der Waals surface area contributed by atoms with E-state index in [1.807, 2.05) is 14.1 Å². The largest absolute Gasteiger partial charge is 0.496 e. The molecule has 0 bridgehead atoms. The van der Waals surface area contributed by atoms with Gasteiger partial charge in [-0.3, -0.25) is 0 Å². The number of ether oxygens (including phenoxy) is 1. The van der Waals surface area contributed by atoms with Crippen LogP contribution in [0.5, 0.6) is 5.75 Å². The Kier molecular flexibility index (Phi) is 6.14. The smallest absolute Gasteiger partial charge is 0.138 e. The highest BCUT2D eigenvalue weighted by molar-refractivity contribution is 5.82. The number of aryl methyl sites for hydroxylation is 2. The molecule has 3 aromatic carbocycles. The fraction of sp³-hybridized carbons (Fsp3) is 0.250. The van der Waals surface area contributed by atoms with Crippen molar-refractivity contribution in [2.45, 2.75) is 13.8 Å². The molecule has 0 spiro atoms. The van der Waals surface area contributed by atoms with Crippen LogP contribution in [0.15, 0.2) is 60.7 Å². The highest BCUT2D eigenvalue weighted by atomic mass is 16.5. The maximum atomic E-state index is 5.56. The summed E-state index contributed by atoms with van der Waals surface area (Å²) in [7, 11) is 9.92. The zero-order valence-electron chi connectivity index (χ0n) is 20.5. The SMILES string of the molecule is COc1c(C)cc(-c2nc(-c3ccc(N(C)C)cc3)c(-c3ccc(N(C)C)cc3)[nH]2)cc1C. The van der Waals surface area contributed by atoms with E-state index in [-0.39, 0.29) is 0 Å². The van der Waals surface area contributed by atoms with Gasteiger partial charge < -0.3 is 19.5 Å². The van der Waals surface area contributed by atoms with Gasteiger partial charge in [-0.05, 0) is 61.4 Å². The Morgan fingerprint density at radius 2 is 1.18 bits per heavy atom. The summed E-state index contributed by atoms with van der Waals surface area (Å²) in [5, 5.41) is 0. The Labute approximate surface area is 196 Å². The van der Waals surface area contributed by atoms with E-state index in [1.54, 1.807) is 7.11 Å². The average Bonchev–Trinajstić information content (AvgIpc) is 3.24. The van der Waals surface area contributed by atoms with Gasteiger partial charge in [0, 0.05) is 56.3 Å². The summed E-state index contributed by atoms with van der Waals surface area (Å²) in [6.45, 7) is 4.14. The number of imidazole rings is 1. The minimum absolute atomic E-state index is 0.849. The first-order valence-electron chi connectivity index (χ1n) is 11.1. The van der Waals surface area contributed by atoms with E-state index in [0.29, 0.717) is 0 Å². The lowest BCUT2D eigenvalue weighted by Gasteiger charge is -2.13. The van der Waals surface area contributed by atoms with Gasteiger partial charge in [0.2, 0.25) is 0 Å². The standard InChI is InChI=1S/C28H32N4O/c1-18-16-22(17-19(2)27(18)33-7)28-29-25(20-8-12-23(13-9-20)31(3)4)26(30-28)21-10-14-24(15-11-21)32(5)6/h8-17H,1-7H3,(H,29,30). The van der Waals surface area contributed by atoms with Crippen molar-refractivity contribution in [3.8, 4) is 39.7 Å². The number of hydrogen-bond donors (Lipinski definition) is 1. The Morgan fingerprint density at radius 1 is 0.697 bits per heavy atom. The molecule has 33 heavy (non-hydrogen) atoms. The average molecular weight is 441 g/mol. The molecule has 1 heterocycles. The molecular formula is C28H32N4O. The summed E-state index contributed by atoms with van der Waals surface area (Å²) in [6, 6.07) is 21.4. The molecule has 0 aliphatic heterocycles. The number of methoxy groups -OCH3 is 1. The Balaban J connectivity index is 1.86. The van der Waals surface area contributed by atoms with Crippen LogP contribution in [-0.4, -0.2) is 45.3 Å². The van der Waals surface area contributed by atoms with Gasteiger partial charge in [-0.25, -0.2) is 4.98 Å². The van der Waals surface area contributed by atoms with E-state index in [1.165, 1.54) is 0 Å². The molecule has 0 aliphatic carbocycles. The monoisotopic (exact) mass is 440 g/mol. The van der Waals surface area contributed by atoms with Crippen molar-refractivity contribution >= 4 is 11.4 Å². The van der Waals surface area contributed by atoms with Crippen molar-refractivity contribution in [2.24, 2.45) is 0 Å². The van der Waals surface area contributed by atoms with Crippen LogP contribution in [0.2, 0.25) is 0 Å². The summed E-state index contributed by atoms with van der Waals surface area (Å²) in [5.41, 5.74) is 9.70. The van der Waals surface area contributed by atoms with Crippen LogP contribution >= 0.6 is 0 Å². The van der Waals surface area contributed by atoms with Crippen molar-refractivity contribution in [3.63, 3.8) is 0 Å². The topological polar surface area (TPSA) is 44.4 Å².